The second-order valence-electron chi connectivity index (χ2n) is 7.37. The van der Waals surface area contributed by atoms with Gasteiger partial charge in [-0.1, -0.05) is 18.2 Å². The molecular formula is C19H24N2O3. The molecule has 1 heterocycles. The summed E-state index contributed by atoms with van der Waals surface area (Å²) in [5.74, 6) is -0.929. The predicted molar refractivity (Wildman–Crippen MR) is 90.7 cm³/mol. The molecule has 0 radical (unpaired) electrons. The molecule has 4 atom stereocenters. The Morgan fingerprint density at radius 3 is 2.17 bits per heavy atom. The summed E-state index contributed by atoms with van der Waals surface area (Å²) in [6, 6.07) is 10.2. The van der Waals surface area contributed by atoms with Crippen molar-refractivity contribution >= 4 is 17.6 Å². The van der Waals surface area contributed by atoms with Gasteiger partial charge in [-0.05, 0) is 43.2 Å². The van der Waals surface area contributed by atoms with E-state index in [1.807, 2.05) is 23.1 Å². The number of carbonyl (C=O) groups is 2. The number of carboxylic acids is 1. The van der Waals surface area contributed by atoms with Gasteiger partial charge in [0.2, 0.25) is 5.91 Å². The van der Waals surface area contributed by atoms with Crippen LogP contribution in [0.4, 0.5) is 5.69 Å². The van der Waals surface area contributed by atoms with Gasteiger partial charge in [0.05, 0.1) is 11.8 Å². The summed E-state index contributed by atoms with van der Waals surface area (Å²) >= 11 is 0. The van der Waals surface area contributed by atoms with E-state index < -0.39 is 11.9 Å². The lowest BCUT2D eigenvalue weighted by Crippen LogP contribution is -2.52. The number of rotatable bonds is 3. The third-order valence-corrected chi connectivity index (χ3v) is 6.20. The topological polar surface area (TPSA) is 60.9 Å². The first-order chi connectivity index (χ1) is 11.6. The zero-order valence-corrected chi connectivity index (χ0v) is 13.8. The van der Waals surface area contributed by atoms with Crippen LogP contribution in [-0.4, -0.2) is 48.1 Å². The molecule has 3 aliphatic rings. The molecule has 0 spiro atoms. The van der Waals surface area contributed by atoms with E-state index >= 15 is 0 Å². The van der Waals surface area contributed by atoms with Crippen molar-refractivity contribution in [1.29, 1.82) is 0 Å². The number of fused-ring (bicyclic) bond motifs is 2. The third kappa shape index (κ3) is 2.56. The molecule has 0 aromatic heterocycles. The fourth-order valence-electron chi connectivity index (χ4n) is 5.04. The Morgan fingerprint density at radius 2 is 1.54 bits per heavy atom. The highest BCUT2D eigenvalue weighted by atomic mass is 16.4. The SMILES string of the molecule is O=C(O)[C@H]1[C@@H]2CC[C@H](C2)[C@H]1C(=O)N1CCN(c2ccccc2)CC1. The average Bonchev–Trinajstić information content (AvgIpc) is 3.23. The highest BCUT2D eigenvalue weighted by Crippen LogP contribution is 2.53. The molecule has 1 aromatic rings. The number of benzene rings is 1. The van der Waals surface area contributed by atoms with E-state index in [9.17, 15) is 14.7 Å². The zero-order chi connectivity index (χ0) is 16.7. The van der Waals surface area contributed by atoms with E-state index in [2.05, 4.69) is 17.0 Å². The smallest absolute Gasteiger partial charge is 0.307 e. The van der Waals surface area contributed by atoms with Crippen molar-refractivity contribution < 1.29 is 14.7 Å². The summed E-state index contributed by atoms with van der Waals surface area (Å²) in [5.41, 5.74) is 1.19. The highest BCUT2D eigenvalue weighted by molar-refractivity contribution is 5.86. The molecule has 1 saturated heterocycles. The highest BCUT2D eigenvalue weighted by Gasteiger charge is 2.54. The van der Waals surface area contributed by atoms with Crippen molar-refractivity contribution in [2.45, 2.75) is 19.3 Å². The minimum absolute atomic E-state index is 0.0855. The van der Waals surface area contributed by atoms with Crippen LogP contribution >= 0.6 is 0 Å². The normalized spacial score (nSPS) is 32.2. The zero-order valence-electron chi connectivity index (χ0n) is 13.8. The van der Waals surface area contributed by atoms with E-state index in [1.54, 1.807) is 0 Å². The molecule has 1 amide bonds. The Labute approximate surface area is 142 Å². The second kappa shape index (κ2) is 6.11. The molecular weight excluding hydrogens is 304 g/mol. The van der Waals surface area contributed by atoms with Crippen LogP contribution in [-0.2, 0) is 9.59 Å². The molecule has 1 aliphatic heterocycles. The van der Waals surface area contributed by atoms with Crippen LogP contribution < -0.4 is 4.90 Å². The van der Waals surface area contributed by atoms with E-state index in [0.717, 1.165) is 32.4 Å². The van der Waals surface area contributed by atoms with Gasteiger partial charge < -0.3 is 14.9 Å². The number of carbonyl (C=O) groups excluding carboxylic acids is 1. The third-order valence-electron chi connectivity index (χ3n) is 6.20. The number of hydrogen-bond acceptors (Lipinski definition) is 3. The van der Waals surface area contributed by atoms with E-state index in [0.29, 0.717) is 13.1 Å². The number of carboxylic acid groups (broad SMARTS) is 1. The lowest BCUT2D eigenvalue weighted by molar-refractivity contribution is -0.153. The maximum atomic E-state index is 13.0. The molecule has 24 heavy (non-hydrogen) atoms. The minimum Gasteiger partial charge on any atom is -0.481 e. The van der Waals surface area contributed by atoms with Gasteiger partial charge in [0, 0.05) is 31.9 Å². The average molecular weight is 328 g/mol. The molecule has 2 aliphatic carbocycles. The molecule has 5 nitrogen and oxygen atoms in total. The summed E-state index contributed by atoms with van der Waals surface area (Å²) in [5, 5.41) is 9.56. The lowest BCUT2D eigenvalue weighted by Gasteiger charge is -2.39. The number of piperazine rings is 1. The number of para-hydroxylation sites is 1. The molecule has 0 unspecified atom stereocenters. The number of amides is 1. The van der Waals surface area contributed by atoms with Crippen molar-refractivity contribution in [3.63, 3.8) is 0 Å². The van der Waals surface area contributed by atoms with Gasteiger partial charge in [0.25, 0.3) is 0 Å². The molecule has 1 aromatic carbocycles. The van der Waals surface area contributed by atoms with Gasteiger partial charge in [0.15, 0.2) is 0 Å². The Hall–Kier alpha value is -2.04. The second-order valence-corrected chi connectivity index (χ2v) is 7.37. The molecule has 3 fully saturated rings. The van der Waals surface area contributed by atoms with Crippen LogP contribution in [0.15, 0.2) is 30.3 Å². The van der Waals surface area contributed by atoms with Gasteiger partial charge in [-0.25, -0.2) is 0 Å². The van der Waals surface area contributed by atoms with Gasteiger partial charge in [-0.15, -0.1) is 0 Å². The van der Waals surface area contributed by atoms with Crippen LogP contribution in [0.25, 0.3) is 0 Å². The first-order valence-electron chi connectivity index (χ1n) is 8.97. The fraction of sp³-hybridized carbons (Fsp3) is 0.579. The van der Waals surface area contributed by atoms with Crippen LogP contribution in [0.5, 0.6) is 0 Å². The van der Waals surface area contributed by atoms with Crippen LogP contribution in [0.3, 0.4) is 0 Å². The number of hydrogen-bond donors (Lipinski definition) is 1. The maximum Gasteiger partial charge on any atom is 0.307 e. The number of anilines is 1. The van der Waals surface area contributed by atoms with Gasteiger partial charge >= 0.3 is 5.97 Å². The summed E-state index contributed by atoms with van der Waals surface area (Å²) in [6.45, 7) is 3.00. The Kier molecular flexibility index (Phi) is 3.94. The number of nitrogens with zero attached hydrogens (tertiary/aromatic N) is 2. The van der Waals surface area contributed by atoms with Crippen LogP contribution in [0.2, 0.25) is 0 Å². The minimum atomic E-state index is -0.775. The lowest BCUT2D eigenvalue weighted by atomic mass is 9.78. The van der Waals surface area contributed by atoms with Crippen molar-refractivity contribution in [2.24, 2.45) is 23.7 Å². The van der Waals surface area contributed by atoms with Crippen molar-refractivity contribution in [3.05, 3.63) is 30.3 Å². The van der Waals surface area contributed by atoms with Gasteiger partial charge in [-0.2, -0.15) is 0 Å². The van der Waals surface area contributed by atoms with Gasteiger partial charge in [0.1, 0.15) is 0 Å². The van der Waals surface area contributed by atoms with Crippen molar-refractivity contribution in [2.75, 3.05) is 31.1 Å². The number of aliphatic carboxylic acids is 1. The Bertz CT molecular complexity index is 625. The fourth-order valence-corrected chi connectivity index (χ4v) is 5.04. The summed E-state index contributed by atoms with van der Waals surface area (Å²) in [7, 11) is 0. The Balaban J connectivity index is 1.42. The van der Waals surface area contributed by atoms with E-state index in [1.165, 1.54) is 5.69 Å². The maximum absolute atomic E-state index is 13.0. The standard InChI is InChI=1S/C19H24N2O3/c22-18(16-13-6-7-14(12-13)17(16)19(23)24)21-10-8-20(9-11-21)15-4-2-1-3-5-15/h1-5,13-14,16-17H,6-12H2,(H,23,24)/t13-,14-,16-,17+/m1/s1. The molecule has 5 heteroatoms. The molecule has 2 saturated carbocycles. The first-order valence-corrected chi connectivity index (χ1v) is 8.97. The van der Waals surface area contributed by atoms with E-state index in [-0.39, 0.29) is 23.7 Å². The van der Waals surface area contributed by atoms with Crippen LogP contribution in [0, 0.1) is 23.7 Å². The summed E-state index contributed by atoms with van der Waals surface area (Å²) in [6.07, 6.45) is 2.93. The quantitative estimate of drug-likeness (QED) is 0.923. The molecule has 128 valence electrons. The monoisotopic (exact) mass is 328 g/mol. The largest absolute Gasteiger partial charge is 0.481 e. The molecule has 4 rings (SSSR count). The first kappa shape index (κ1) is 15.5. The summed E-state index contributed by atoms with van der Waals surface area (Å²) in [4.78, 5) is 28.8. The predicted octanol–water partition coefficient (Wildman–Crippen LogP) is 2.08. The van der Waals surface area contributed by atoms with Crippen LogP contribution in [0.1, 0.15) is 19.3 Å². The Morgan fingerprint density at radius 1 is 0.917 bits per heavy atom. The molecule has 2 bridgehead atoms. The van der Waals surface area contributed by atoms with Crippen molar-refractivity contribution in [3.8, 4) is 0 Å². The van der Waals surface area contributed by atoms with E-state index in [4.69, 9.17) is 0 Å². The molecule has 1 N–H and O–H groups in total. The summed E-state index contributed by atoms with van der Waals surface area (Å²) < 4.78 is 0. The van der Waals surface area contributed by atoms with Crippen molar-refractivity contribution in [1.82, 2.24) is 4.90 Å². The van der Waals surface area contributed by atoms with Gasteiger partial charge in [-0.3, -0.25) is 9.59 Å².